The molecule has 0 unspecified atom stereocenters. The maximum absolute atomic E-state index is 6.25. The summed E-state index contributed by atoms with van der Waals surface area (Å²) < 4.78 is 13.6. The third-order valence-corrected chi connectivity index (χ3v) is 6.34. The molecule has 0 spiro atoms. The number of aromatic nitrogens is 2. The SMILES string of the molecule is CC1(C)OB(c2cc(-c3cccnc3)c(-c3cccnc3)s2)OC1(C)C. The van der Waals surface area contributed by atoms with E-state index in [0.29, 0.717) is 0 Å². The van der Waals surface area contributed by atoms with Crippen LogP contribution in [0.15, 0.2) is 55.1 Å². The first-order chi connectivity index (χ1) is 12.4. The number of nitrogens with zero attached hydrogens (tertiary/aromatic N) is 2. The number of hydrogen-bond acceptors (Lipinski definition) is 5. The van der Waals surface area contributed by atoms with Crippen LogP contribution < -0.4 is 4.78 Å². The van der Waals surface area contributed by atoms with Gasteiger partial charge < -0.3 is 9.31 Å². The van der Waals surface area contributed by atoms with Crippen molar-refractivity contribution in [1.29, 1.82) is 0 Å². The van der Waals surface area contributed by atoms with Gasteiger partial charge in [-0.05, 0) is 45.9 Å². The van der Waals surface area contributed by atoms with E-state index in [1.807, 2.05) is 24.5 Å². The summed E-state index contributed by atoms with van der Waals surface area (Å²) >= 11 is 1.69. The number of pyridine rings is 2. The molecule has 1 aliphatic heterocycles. The Balaban J connectivity index is 1.80. The molecule has 6 heteroatoms. The van der Waals surface area contributed by atoms with E-state index in [4.69, 9.17) is 9.31 Å². The van der Waals surface area contributed by atoms with Crippen LogP contribution in [0, 0.1) is 0 Å². The Labute approximate surface area is 158 Å². The molecule has 1 fully saturated rings. The van der Waals surface area contributed by atoms with E-state index in [1.165, 1.54) is 0 Å². The third kappa shape index (κ3) is 2.98. The van der Waals surface area contributed by atoms with Gasteiger partial charge in [-0.25, -0.2) is 0 Å². The zero-order valence-corrected chi connectivity index (χ0v) is 16.2. The van der Waals surface area contributed by atoms with Crippen LogP contribution in [0.4, 0.5) is 0 Å². The van der Waals surface area contributed by atoms with Gasteiger partial charge in [0.25, 0.3) is 0 Å². The molecule has 0 radical (unpaired) electrons. The molecule has 132 valence electrons. The molecule has 4 rings (SSSR count). The highest BCUT2D eigenvalue weighted by molar-refractivity contribution is 7.25. The van der Waals surface area contributed by atoms with Crippen molar-refractivity contribution in [3.05, 3.63) is 55.1 Å². The van der Waals surface area contributed by atoms with E-state index >= 15 is 0 Å². The van der Waals surface area contributed by atoms with Crippen LogP contribution in [-0.2, 0) is 9.31 Å². The lowest BCUT2D eigenvalue weighted by molar-refractivity contribution is 0.00578. The van der Waals surface area contributed by atoms with Crippen molar-refractivity contribution in [3.63, 3.8) is 0 Å². The highest BCUT2D eigenvalue weighted by Crippen LogP contribution is 2.40. The summed E-state index contributed by atoms with van der Waals surface area (Å²) in [4.78, 5) is 9.70. The third-order valence-electron chi connectivity index (χ3n) is 5.13. The molecule has 0 saturated carbocycles. The smallest absolute Gasteiger partial charge is 0.399 e. The summed E-state index contributed by atoms with van der Waals surface area (Å²) in [6.07, 6.45) is 7.35. The maximum Gasteiger partial charge on any atom is 0.505 e. The van der Waals surface area contributed by atoms with Crippen LogP contribution in [0.1, 0.15) is 27.7 Å². The second kappa shape index (κ2) is 6.30. The molecule has 4 nitrogen and oxygen atoms in total. The lowest BCUT2D eigenvalue weighted by Crippen LogP contribution is -2.41. The first-order valence-corrected chi connectivity index (χ1v) is 9.49. The molecule has 3 aromatic rings. The predicted molar refractivity (Wildman–Crippen MR) is 106 cm³/mol. The molecule has 0 aromatic carbocycles. The molecule has 0 aliphatic carbocycles. The van der Waals surface area contributed by atoms with Crippen molar-refractivity contribution in [2.45, 2.75) is 38.9 Å². The molecule has 0 atom stereocenters. The van der Waals surface area contributed by atoms with Crippen LogP contribution in [0.25, 0.3) is 21.6 Å². The minimum Gasteiger partial charge on any atom is -0.399 e. The fraction of sp³-hybridized carbons (Fsp3) is 0.300. The van der Waals surface area contributed by atoms with Crippen LogP contribution in [-0.4, -0.2) is 28.3 Å². The van der Waals surface area contributed by atoms with Gasteiger partial charge in [0.1, 0.15) is 0 Å². The van der Waals surface area contributed by atoms with Crippen LogP contribution in [0.5, 0.6) is 0 Å². The summed E-state index contributed by atoms with van der Waals surface area (Å²) in [6, 6.07) is 10.2. The molecule has 3 aromatic heterocycles. The average molecular weight is 364 g/mol. The van der Waals surface area contributed by atoms with E-state index in [1.54, 1.807) is 23.7 Å². The zero-order valence-electron chi connectivity index (χ0n) is 15.4. The van der Waals surface area contributed by atoms with Gasteiger partial charge in [0.05, 0.1) is 11.2 Å². The van der Waals surface area contributed by atoms with Gasteiger partial charge in [-0.2, -0.15) is 0 Å². The largest absolute Gasteiger partial charge is 0.505 e. The van der Waals surface area contributed by atoms with Crippen molar-refractivity contribution in [1.82, 2.24) is 9.97 Å². The normalized spacial score (nSPS) is 18.2. The lowest BCUT2D eigenvalue weighted by atomic mass is 9.86. The summed E-state index contributed by atoms with van der Waals surface area (Å²) in [5, 5.41) is 0. The first-order valence-electron chi connectivity index (χ1n) is 8.67. The van der Waals surface area contributed by atoms with Crippen molar-refractivity contribution in [2.24, 2.45) is 0 Å². The Morgan fingerprint density at radius 1 is 0.885 bits per heavy atom. The second-order valence-electron chi connectivity index (χ2n) is 7.46. The van der Waals surface area contributed by atoms with Gasteiger partial charge >= 0.3 is 7.12 Å². The number of hydrogen-bond donors (Lipinski definition) is 0. The Hall–Kier alpha value is -2.02. The predicted octanol–water partition coefficient (Wildman–Crippen LogP) is 4.17. The van der Waals surface area contributed by atoms with Gasteiger partial charge in [-0.15, -0.1) is 11.3 Å². The first kappa shape index (κ1) is 17.4. The monoisotopic (exact) mass is 364 g/mol. The van der Waals surface area contributed by atoms with Crippen molar-refractivity contribution in [2.75, 3.05) is 0 Å². The fourth-order valence-electron chi connectivity index (χ4n) is 2.93. The topological polar surface area (TPSA) is 44.2 Å². The summed E-state index contributed by atoms with van der Waals surface area (Å²) in [5.41, 5.74) is 2.57. The Bertz CT molecular complexity index is 837. The van der Waals surface area contributed by atoms with Gasteiger partial charge in [0.2, 0.25) is 0 Å². The van der Waals surface area contributed by atoms with E-state index < -0.39 is 0 Å². The van der Waals surface area contributed by atoms with Gasteiger partial charge in [0.15, 0.2) is 0 Å². The maximum atomic E-state index is 6.25. The van der Waals surface area contributed by atoms with E-state index in [2.05, 4.69) is 55.9 Å². The summed E-state index contributed by atoms with van der Waals surface area (Å²) in [7, 11) is -0.370. The molecule has 1 saturated heterocycles. The molecular weight excluding hydrogens is 343 g/mol. The van der Waals surface area contributed by atoms with E-state index in [-0.39, 0.29) is 18.3 Å². The Morgan fingerprint density at radius 3 is 2.00 bits per heavy atom. The Kier molecular flexibility index (Phi) is 4.22. The Morgan fingerprint density at radius 2 is 1.46 bits per heavy atom. The standard InChI is InChI=1S/C20H21BN2O2S/c1-19(2)20(3,4)25-21(24-19)17-11-16(14-7-5-9-22-12-14)18(26-17)15-8-6-10-23-13-15/h5-13H,1-4H3. The fourth-order valence-corrected chi connectivity index (χ4v) is 4.06. The molecule has 0 amide bonds. The molecular formula is C20H21BN2O2S. The minimum absolute atomic E-state index is 0.357. The number of thiophene rings is 1. The van der Waals surface area contributed by atoms with Crippen molar-refractivity contribution in [3.8, 4) is 21.6 Å². The highest BCUT2D eigenvalue weighted by atomic mass is 32.1. The molecule has 0 bridgehead atoms. The van der Waals surface area contributed by atoms with Gasteiger partial charge in [-0.3, -0.25) is 9.97 Å². The summed E-state index contributed by atoms with van der Waals surface area (Å²) in [6.45, 7) is 8.30. The highest BCUT2D eigenvalue weighted by Gasteiger charge is 2.52. The molecule has 1 aliphatic rings. The van der Waals surface area contributed by atoms with E-state index in [0.717, 1.165) is 26.3 Å². The van der Waals surface area contributed by atoms with Crippen LogP contribution >= 0.6 is 11.3 Å². The molecule has 0 N–H and O–H groups in total. The number of rotatable bonds is 3. The van der Waals surface area contributed by atoms with Crippen molar-refractivity contribution >= 4 is 23.2 Å². The van der Waals surface area contributed by atoms with Gasteiger partial charge in [-0.1, -0.05) is 12.1 Å². The van der Waals surface area contributed by atoms with Crippen molar-refractivity contribution < 1.29 is 9.31 Å². The van der Waals surface area contributed by atoms with Crippen LogP contribution in [0.3, 0.4) is 0 Å². The quantitative estimate of drug-likeness (QED) is 0.655. The minimum atomic E-state index is -0.370. The second-order valence-corrected chi connectivity index (χ2v) is 8.55. The summed E-state index contributed by atoms with van der Waals surface area (Å²) in [5.74, 6) is 0. The van der Waals surface area contributed by atoms with Gasteiger partial charge in [0, 0.05) is 51.1 Å². The molecule has 26 heavy (non-hydrogen) atoms. The van der Waals surface area contributed by atoms with E-state index in [9.17, 15) is 0 Å². The molecule has 4 heterocycles. The van der Waals surface area contributed by atoms with Crippen LogP contribution in [0.2, 0.25) is 0 Å². The lowest BCUT2D eigenvalue weighted by Gasteiger charge is -2.32. The average Bonchev–Trinajstić information content (AvgIpc) is 3.16. The zero-order chi connectivity index (χ0) is 18.4.